The average Bonchev–Trinajstić information content (AvgIpc) is 2.86. The van der Waals surface area contributed by atoms with E-state index in [0.717, 1.165) is 23.6 Å². The minimum Gasteiger partial charge on any atom is -0.387 e. The molecule has 1 saturated heterocycles. The number of hydrogen-bond acceptors (Lipinski definition) is 7. The van der Waals surface area contributed by atoms with Crippen LogP contribution in [0.15, 0.2) is 15.8 Å². The molecule has 150 valence electrons. The number of unbranched alkanes of at least 4 members (excludes halogenated alkanes) is 2. The Hall–Kier alpha value is -1.77. The molecule has 0 amide bonds. The van der Waals surface area contributed by atoms with E-state index in [1.807, 2.05) is 6.92 Å². The summed E-state index contributed by atoms with van der Waals surface area (Å²) < 4.78 is 21.2. The predicted octanol–water partition coefficient (Wildman–Crippen LogP) is -1.19. The van der Waals surface area contributed by atoms with Crippen molar-refractivity contribution < 1.29 is 33.8 Å². The second kappa shape index (κ2) is 8.95. The summed E-state index contributed by atoms with van der Waals surface area (Å²) in [5.41, 5.74) is -1.62. The van der Waals surface area contributed by atoms with Crippen LogP contribution in [-0.2, 0) is 13.8 Å². The van der Waals surface area contributed by atoms with Gasteiger partial charge in [-0.15, -0.1) is 0 Å². The Bertz CT molecular complexity index is 878. The van der Waals surface area contributed by atoms with Gasteiger partial charge in [0.05, 0.1) is 6.61 Å². The molecular weight excluding hydrogens is 383 g/mol. The monoisotopic (exact) mass is 404 g/mol. The quantitative estimate of drug-likeness (QED) is 0.222. The van der Waals surface area contributed by atoms with Crippen molar-refractivity contribution in [3.8, 4) is 11.8 Å². The number of phosphoric acid groups is 1. The zero-order valence-electron chi connectivity index (χ0n) is 14.4. The summed E-state index contributed by atoms with van der Waals surface area (Å²) in [5, 5.41) is 20.1. The van der Waals surface area contributed by atoms with Crippen LogP contribution in [0.3, 0.4) is 0 Å². The fourth-order valence-electron chi connectivity index (χ4n) is 2.45. The summed E-state index contributed by atoms with van der Waals surface area (Å²) in [7, 11) is -4.81. The molecule has 0 unspecified atom stereocenters. The largest absolute Gasteiger partial charge is 0.469 e. The van der Waals surface area contributed by atoms with Gasteiger partial charge in [-0.05, 0) is 6.42 Å². The lowest BCUT2D eigenvalue weighted by molar-refractivity contribution is -0.0543. The second-order valence-electron chi connectivity index (χ2n) is 5.95. The number of aliphatic hydroxyl groups excluding tert-OH is 2. The number of phosphoric ester groups is 1. The van der Waals surface area contributed by atoms with Crippen LogP contribution < -0.4 is 11.2 Å². The third kappa shape index (κ3) is 5.60. The van der Waals surface area contributed by atoms with Gasteiger partial charge in [-0.2, -0.15) is 0 Å². The number of rotatable bonds is 6. The third-order valence-corrected chi connectivity index (χ3v) is 4.35. The van der Waals surface area contributed by atoms with Crippen molar-refractivity contribution in [3.63, 3.8) is 0 Å². The Morgan fingerprint density at radius 1 is 1.33 bits per heavy atom. The molecule has 27 heavy (non-hydrogen) atoms. The molecule has 0 saturated carbocycles. The van der Waals surface area contributed by atoms with Gasteiger partial charge < -0.3 is 24.7 Å². The van der Waals surface area contributed by atoms with Crippen LogP contribution in [-0.4, -0.2) is 54.5 Å². The molecule has 0 radical (unpaired) electrons. The maximum absolute atomic E-state index is 12.1. The zero-order chi connectivity index (χ0) is 20.2. The van der Waals surface area contributed by atoms with Gasteiger partial charge in [0.1, 0.15) is 23.9 Å². The summed E-state index contributed by atoms with van der Waals surface area (Å²) in [4.78, 5) is 43.4. The first-order valence-corrected chi connectivity index (χ1v) is 9.73. The number of ether oxygens (including phenoxy) is 1. The van der Waals surface area contributed by atoms with Gasteiger partial charge in [-0.1, -0.05) is 25.2 Å². The van der Waals surface area contributed by atoms with Crippen LogP contribution in [0.1, 0.15) is 38.0 Å². The highest BCUT2D eigenvalue weighted by Crippen LogP contribution is 2.38. The van der Waals surface area contributed by atoms with Crippen LogP contribution in [0.5, 0.6) is 0 Å². The van der Waals surface area contributed by atoms with Gasteiger partial charge in [0.2, 0.25) is 0 Å². The number of aromatic nitrogens is 2. The number of H-pyrrole nitrogens is 1. The smallest absolute Gasteiger partial charge is 0.387 e. The molecule has 0 aromatic carbocycles. The molecule has 0 aliphatic carbocycles. The number of nitrogens with one attached hydrogen (secondary N) is 1. The number of nitrogens with zero attached hydrogens (tertiary/aromatic N) is 1. The molecule has 1 aliphatic rings. The highest BCUT2D eigenvalue weighted by molar-refractivity contribution is 7.46. The normalized spacial score (nSPS) is 25.2. The topological polar surface area (TPSA) is 171 Å². The van der Waals surface area contributed by atoms with Crippen LogP contribution >= 0.6 is 7.82 Å². The van der Waals surface area contributed by atoms with Gasteiger partial charge in [-0.3, -0.25) is 18.9 Å². The molecule has 11 nitrogen and oxygen atoms in total. The van der Waals surface area contributed by atoms with E-state index in [-0.39, 0.29) is 5.56 Å². The van der Waals surface area contributed by atoms with Crippen molar-refractivity contribution in [1.82, 2.24) is 9.55 Å². The van der Waals surface area contributed by atoms with Crippen molar-refractivity contribution in [2.45, 2.75) is 50.7 Å². The van der Waals surface area contributed by atoms with E-state index >= 15 is 0 Å². The maximum Gasteiger partial charge on any atom is 0.469 e. The molecule has 1 aromatic heterocycles. The van der Waals surface area contributed by atoms with Crippen LogP contribution in [0, 0.1) is 11.8 Å². The maximum atomic E-state index is 12.1. The Morgan fingerprint density at radius 2 is 2.04 bits per heavy atom. The Balaban J connectivity index is 2.26. The van der Waals surface area contributed by atoms with Crippen molar-refractivity contribution in [1.29, 1.82) is 0 Å². The Kier molecular flexibility index (Phi) is 7.13. The molecular formula is C15H21N2O9P. The van der Waals surface area contributed by atoms with Crippen molar-refractivity contribution in [2.24, 2.45) is 0 Å². The average molecular weight is 404 g/mol. The molecule has 0 spiro atoms. The minimum absolute atomic E-state index is 0.0223. The van der Waals surface area contributed by atoms with Crippen LogP contribution in [0.25, 0.3) is 0 Å². The summed E-state index contributed by atoms with van der Waals surface area (Å²) in [5.74, 6) is 5.44. The van der Waals surface area contributed by atoms with E-state index in [9.17, 15) is 24.4 Å². The van der Waals surface area contributed by atoms with E-state index in [1.165, 1.54) is 0 Å². The lowest BCUT2D eigenvalue weighted by Crippen LogP contribution is -2.38. The van der Waals surface area contributed by atoms with E-state index in [2.05, 4.69) is 21.3 Å². The van der Waals surface area contributed by atoms with Gasteiger partial charge in [0.25, 0.3) is 5.56 Å². The van der Waals surface area contributed by atoms with E-state index in [4.69, 9.17) is 14.5 Å². The first-order valence-electron chi connectivity index (χ1n) is 8.20. The standard InChI is InChI=1S/C15H21N2O9P/c1-2-3-4-5-6-9-7-17(15(21)16-13(9)20)14-12(19)11(18)10(26-14)8-25-27(22,23)24/h7,10-12,14,18-19H,2-4,8H2,1H3,(H,16,20,21)(H2,22,23,24)/t10-,11-,12-,14-/m1/s1. The first-order chi connectivity index (χ1) is 12.6. The molecule has 0 bridgehead atoms. The van der Waals surface area contributed by atoms with Crippen LogP contribution in [0.4, 0.5) is 0 Å². The van der Waals surface area contributed by atoms with Gasteiger partial charge in [-0.25, -0.2) is 9.36 Å². The molecule has 1 aliphatic heterocycles. The van der Waals surface area contributed by atoms with Crippen molar-refractivity contribution in [2.75, 3.05) is 6.61 Å². The van der Waals surface area contributed by atoms with Gasteiger partial charge in [0.15, 0.2) is 6.23 Å². The highest BCUT2D eigenvalue weighted by atomic mass is 31.2. The Morgan fingerprint density at radius 3 is 2.67 bits per heavy atom. The minimum atomic E-state index is -4.81. The van der Waals surface area contributed by atoms with Crippen molar-refractivity contribution in [3.05, 3.63) is 32.6 Å². The molecule has 4 atom stereocenters. The van der Waals surface area contributed by atoms with Crippen LogP contribution in [0.2, 0.25) is 0 Å². The van der Waals surface area contributed by atoms with Gasteiger partial charge in [0, 0.05) is 12.6 Å². The molecule has 12 heteroatoms. The summed E-state index contributed by atoms with van der Waals surface area (Å²) in [6.45, 7) is 1.28. The summed E-state index contributed by atoms with van der Waals surface area (Å²) in [6, 6.07) is 0. The fourth-order valence-corrected chi connectivity index (χ4v) is 2.79. The lowest BCUT2D eigenvalue weighted by Gasteiger charge is -2.17. The first kappa shape index (κ1) is 21.5. The number of aromatic amines is 1. The van der Waals surface area contributed by atoms with E-state index < -0.39 is 50.2 Å². The summed E-state index contributed by atoms with van der Waals surface area (Å²) in [6.07, 6.45) is -2.41. The van der Waals surface area contributed by atoms with E-state index in [1.54, 1.807) is 0 Å². The second-order valence-corrected chi connectivity index (χ2v) is 7.19. The molecule has 1 fully saturated rings. The highest BCUT2D eigenvalue weighted by Gasteiger charge is 2.45. The van der Waals surface area contributed by atoms with Gasteiger partial charge >= 0.3 is 13.5 Å². The van der Waals surface area contributed by atoms with Crippen molar-refractivity contribution >= 4 is 7.82 Å². The number of hydrogen-bond donors (Lipinski definition) is 5. The zero-order valence-corrected chi connectivity index (χ0v) is 15.3. The molecule has 2 heterocycles. The molecule has 1 aromatic rings. The fraction of sp³-hybridized carbons (Fsp3) is 0.600. The summed E-state index contributed by atoms with van der Waals surface area (Å²) >= 11 is 0. The predicted molar refractivity (Wildman–Crippen MR) is 91.6 cm³/mol. The molecule has 5 N–H and O–H groups in total. The molecule has 2 rings (SSSR count). The van der Waals surface area contributed by atoms with E-state index in [0.29, 0.717) is 6.42 Å². The lowest BCUT2D eigenvalue weighted by atomic mass is 10.1. The third-order valence-electron chi connectivity index (χ3n) is 3.86. The number of aliphatic hydroxyl groups is 2. The SMILES string of the molecule is CCCCC#Cc1cn([C@@H]2O[C@H](COP(=O)(O)O)[C@@H](O)[C@H]2O)c(=O)[nH]c1=O. The Labute approximate surface area is 153 Å².